The minimum Gasteiger partial charge on any atom is -0.478 e. The van der Waals surface area contributed by atoms with Gasteiger partial charge in [-0.05, 0) is 58.8 Å². The van der Waals surface area contributed by atoms with E-state index in [0.717, 1.165) is 60.1 Å². The summed E-state index contributed by atoms with van der Waals surface area (Å²) in [5.74, 6) is -0.953. The number of carboxylic acids is 1. The molecule has 5 heteroatoms. The Balaban J connectivity index is 1.84. The van der Waals surface area contributed by atoms with E-state index in [9.17, 15) is 9.90 Å². The van der Waals surface area contributed by atoms with Crippen LogP contribution in [0.25, 0.3) is 54.6 Å². The van der Waals surface area contributed by atoms with Gasteiger partial charge in [0.2, 0.25) is 0 Å². The molecule has 0 spiro atoms. The second-order valence-electron chi connectivity index (χ2n) is 9.81. The molecule has 0 fully saturated rings. The predicted molar refractivity (Wildman–Crippen MR) is 153 cm³/mol. The summed E-state index contributed by atoms with van der Waals surface area (Å²) in [6.07, 6.45) is 0. The predicted octanol–water partition coefficient (Wildman–Crippen LogP) is 6.36. The molecule has 0 radical (unpaired) electrons. The Kier molecular flexibility index (Phi) is 5.23. The Hall–Kier alpha value is -4.64. The van der Waals surface area contributed by atoms with Gasteiger partial charge < -0.3 is 14.4 Å². The maximum Gasteiger partial charge on any atom is 0.336 e. The molecule has 182 valence electrons. The maximum atomic E-state index is 12.3. The quantitative estimate of drug-likeness (QED) is 0.179. The van der Waals surface area contributed by atoms with Crippen LogP contribution >= 0.6 is 0 Å². The van der Waals surface area contributed by atoms with E-state index in [1.165, 1.54) is 0 Å². The number of hydrogen-bond acceptors (Lipinski definition) is 3. The van der Waals surface area contributed by atoms with Crippen molar-refractivity contribution in [3.8, 4) is 11.1 Å². The highest BCUT2D eigenvalue weighted by Crippen LogP contribution is 2.42. The van der Waals surface area contributed by atoms with Crippen LogP contribution in [-0.2, 0) is 0 Å². The molecule has 1 aromatic heterocycles. The molecular weight excluding hydrogens is 460 g/mol. The molecule has 0 aliphatic carbocycles. The van der Waals surface area contributed by atoms with Crippen LogP contribution in [0.2, 0.25) is 0 Å². The van der Waals surface area contributed by atoms with Crippen molar-refractivity contribution in [1.29, 1.82) is 0 Å². The van der Waals surface area contributed by atoms with Gasteiger partial charge in [0.15, 0.2) is 5.36 Å². The van der Waals surface area contributed by atoms with Gasteiger partial charge in [0.1, 0.15) is 25.3 Å². The highest BCUT2D eigenvalue weighted by molar-refractivity contribution is 6.20. The lowest BCUT2D eigenvalue weighted by Crippen LogP contribution is -2.20. The Morgan fingerprint density at radius 3 is 1.97 bits per heavy atom. The normalized spacial score (nSPS) is 11.5. The smallest absolute Gasteiger partial charge is 0.336 e. The fourth-order valence-corrected chi connectivity index (χ4v) is 5.17. The lowest BCUT2D eigenvalue weighted by molar-refractivity contribution is 0.0697. The number of benzene rings is 5. The molecule has 6 rings (SSSR count). The average molecular weight is 488 g/mol. The third-order valence-corrected chi connectivity index (χ3v) is 7.11. The first-order valence-electron chi connectivity index (χ1n) is 12.2. The summed E-state index contributed by atoms with van der Waals surface area (Å²) in [6, 6.07) is 28.1. The van der Waals surface area contributed by atoms with Crippen molar-refractivity contribution in [1.82, 2.24) is 4.58 Å². The molecule has 0 atom stereocenters. The molecule has 0 amide bonds. The van der Waals surface area contributed by atoms with Crippen LogP contribution < -0.4 is 14.8 Å². The molecule has 0 aliphatic heterocycles. The number of aromatic carboxylic acids is 1. The Morgan fingerprint density at radius 1 is 0.757 bits per heavy atom. The lowest BCUT2D eigenvalue weighted by Gasteiger charge is -2.17. The van der Waals surface area contributed by atoms with Crippen LogP contribution in [0.15, 0.2) is 89.3 Å². The van der Waals surface area contributed by atoms with Crippen LogP contribution in [-0.4, -0.2) is 39.3 Å². The number of nitrogens with zero attached hydrogens (tertiary/aromatic N) is 2. The van der Waals surface area contributed by atoms with Crippen molar-refractivity contribution in [2.24, 2.45) is 0 Å². The topological polar surface area (TPSA) is 56.7 Å². The number of anilines is 1. The minimum absolute atomic E-state index is 0.266. The third kappa shape index (κ3) is 3.62. The monoisotopic (exact) mass is 487 g/mol. The van der Waals surface area contributed by atoms with Crippen molar-refractivity contribution in [3.63, 3.8) is 0 Å². The summed E-state index contributed by atoms with van der Waals surface area (Å²) in [5.41, 5.74) is 4.40. The van der Waals surface area contributed by atoms with E-state index in [-0.39, 0.29) is 5.56 Å². The van der Waals surface area contributed by atoms with E-state index in [4.69, 9.17) is 4.42 Å². The molecule has 0 unspecified atom stereocenters. The average Bonchev–Trinajstić information content (AvgIpc) is 2.90. The van der Waals surface area contributed by atoms with Gasteiger partial charge in [0, 0.05) is 59.0 Å². The molecule has 1 N–H and O–H groups in total. The second kappa shape index (κ2) is 8.49. The van der Waals surface area contributed by atoms with E-state index < -0.39 is 5.97 Å². The lowest BCUT2D eigenvalue weighted by atomic mass is 9.91. The van der Waals surface area contributed by atoms with Crippen molar-refractivity contribution in [2.45, 2.75) is 0 Å². The van der Waals surface area contributed by atoms with Crippen LogP contribution in [0.1, 0.15) is 10.4 Å². The van der Waals surface area contributed by atoms with Gasteiger partial charge in [-0.2, -0.15) is 0 Å². The van der Waals surface area contributed by atoms with Gasteiger partial charge >= 0.3 is 5.97 Å². The zero-order valence-electron chi connectivity index (χ0n) is 21.2. The molecule has 37 heavy (non-hydrogen) atoms. The highest BCUT2D eigenvalue weighted by Gasteiger charge is 2.20. The van der Waals surface area contributed by atoms with Gasteiger partial charge in [-0.25, -0.2) is 9.37 Å². The number of carbonyl (C=O) groups is 1. The molecule has 6 aromatic rings. The van der Waals surface area contributed by atoms with Gasteiger partial charge in [-0.1, -0.05) is 30.3 Å². The van der Waals surface area contributed by atoms with Gasteiger partial charge in [0.25, 0.3) is 0 Å². The first kappa shape index (κ1) is 22.8. The summed E-state index contributed by atoms with van der Waals surface area (Å²) in [7, 11) is 8.09. The minimum atomic E-state index is -0.953. The first-order valence-corrected chi connectivity index (χ1v) is 12.2. The Bertz CT molecular complexity index is 1960. The summed E-state index contributed by atoms with van der Waals surface area (Å²) in [5, 5.41) is 17.0. The van der Waals surface area contributed by atoms with E-state index in [1.54, 1.807) is 12.1 Å². The van der Waals surface area contributed by atoms with Gasteiger partial charge in [-0.15, -0.1) is 0 Å². The van der Waals surface area contributed by atoms with Crippen molar-refractivity contribution in [3.05, 3.63) is 95.8 Å². The fraction of sp³-hybridized carbons (Fsp3) is 0.125. The van der Waals surface area contributed by atoms with Crippen LogP contribution in [0.5, 0.6) is 0 Å². The SMILES string of the molecule is CN(C)c1ccc2c(ccc3c(-c4ccccc4C(=O)O)c4ccc5cc(=[N+](C)C)ccc5c4oc32)c1. The number of carboxylic acid groups (broad SMARTS) is 1. The van der Waals surface area contributed by atoms with Crippen molar-refractivity contribution < 1.29 is 14.3 Å². The fourth-order valence-electron chi connectivity index (χ4n) is 5.17. The van der Waals surface area contributed by atoms with E-state index in [2.05, 4.69) is 58.0 Å². The summed E-state index contributed by atoms with van der Waals surface area (Å²) >= 11 is 0. The van der Waals surface area contributed by atoms with Gasteiger partial charge in [-0.3, -0.25) is 0 Å². The standard InChI is InChI=1S/C32H26N2O3/c1-33(2)21-11-15-23-19(17-21)9-13-27-29(25-7-5-6-8-26(25)32(35)36)28-14-10-20-18-22(34(3)4)12-16-24(20)31(28)37-30(23)27/h5-18H,1-4H3/p+1. The molecule has 1 heterocycles. The Morgan fingerprint density at radius 2 is 1.35 bits per heavy atom. The van der Waals surface area contributed by atoms with Crippen molar-refractivity contribution in [2.75, 3.05) is 33.1 Å². The maximum absolute atomic E-state index is 12.3. The molecule has 0 aliphatic rings. The summed E-state index contributed by atoms with van der Waals surface area (Å²) in [4.78, 5) is 14.3. The molecule has 0 saturated heterocycles. The summed E-state index contributed by atoms with van der Waals surface area (Å²) in [6.45, 7) is 0. The van der Waals surface area contributed by atoms with E-state index in [1.807, 2.05) is 52.5 Å². The van der Waals surface area contributed by atoms with Crippen molar-refractivity contribution >= 4 is 55.1 Å². The zero-order valence-corrected chi connectivity index (χ0v) is 21.2. The van der Waals surface area contributed by atoms with Crippen LogP contribution in [0, 0.1) is 0 Å². The first-order chi connectivity index (χ1) is 17.8. The zero-order chi connectivity index (χ0) is 25.8. The molecule has 0 bridgehead atoms. The van der Waals surface area contributed by atoms with Gasteiger partial charge in [0.05, 0.1) is 5.56 Å². The Labute approximate surface area is 214 Å². The number of fused-ring (bicyclic) bond motifs is 6. The van der Waals surface area contributed by atoms with Crippen LogP contribution in [0.3, 0.4) is 0 Å². The molecule has 5 nitrogen and oxygen atoms in total. The van der Waals surface area contributed by atoms with E-state index >= 15 is 0 Å². The highest BCUT2D eigenvalue weighted by atomic mass is 16.4. The summed E-state index contributed by atoms with van der Waals surface area (Å²) < 4.78 is 8.84. The molecular formula is C32H27N2O3+. The molecule has 0 saturated carbocycles. The largest absolute Gasteiger partial charge is 0.478 e. The van der Waals surface area contributed by atoms with Crippen LogP contribution in [0.4, 0.5) is 5.69 Å². The second-order valence-corrected chi connectivity index (χ2v) is 9.81. The third-order valence-electron chi connectivity index (χ3n) is 7.11. The van der Waals surface area contributed by atoms with E-state index in [0.29, 0.717) is 5.56 Å². The number of rotatable bonds is 3. The molecule has 5 aromatic carbocycles. The number of hydrogen-bond donors (Lipinski definition) is 1.